The second-order valence-corrected chi connectivity index (χ2v) is 5.27. The van der Waals surface area contributed by atoms with Gasteiger partial charge in [0.1, 0.15) is 0 Å². The van der Waals surface area contributed by atoms with E-state index in [1.807, 2.05) is 13.1 Å². The van der Waals surface area contributed by atoms with Crippen molar-refractivity contribution in [1.82, 2.24) is 25.7 Å². The van der Waals surface area contributed by atoms with Gasteiger partial charge in [-0.3, -0.25) is 10.1 Å². The van der Waals surface area contributed by atoms with Crippen LogP contribution in [0.4, 0.5) is 0 Å². The Labute approximate surface area is 144 Å². The zero-order chi connectivity index (χ0) is 14.2. The van der Waals surface area contributed by atoms with E-state index in [4.69, 9.17) is 0 Å². The van der Waals surface area contributed by atoms with Crippen LogP contribution in [-0.4, -0.2) is 53.8 Å². The molecule has 6 nitrogen and oxygen atoms in total. The number of aliphatic imine (C=N–C) groups is 1. The van der Waals surface area contributed by atoms with Gasteiger partial charge in [0, 0.05) is 32.4 Å². The number of halogens is 1. The van der Waals surface area contributed by atoms with Crippen molar-refractivity contribution in [2.45, 2.75) is 38.8 Å². The van der Waals surface area contributed by atoms with Crippen molar-refractivity contribution in [2.75, 3.05) is 26.7 Å². The summed E-state index contributed by atoms with van der Waals surface area (Å²) in [6.45, 7) is 6.55. The minimum absolute atomic E-state index is 0. The standard InChI is InChI=1S/C14H26N6.HI/c1-3-8-20-9-5-12(6-10-20)18-14(15-2)16-11-13-4-7-17-19-13;/h4,7,12H,3,5-6,8-11H2,1-2H3,(H,17,19)(H2,15,16,18);1H. The van der Waals surface area contributed by atoms with Crippen LogP contribution < -0.4 is 10.6 Å². The van der Waals surface area contributed by atoms with Gasteiger partial charge < -0.3 is 15.5 Å². The number of hydrogen-bond donors (Lipinski definition) is 3. The summed E-state index contributed by atoms with van der Waals surface area (Å²) in [6.07, 6.45) is 5.37. The highest BCUT2D eigenvalue weighted by Crippen LogP contribution is 2.10. The van der Waals surface area contributed by atoms with E-state index in [1.165, 1.54) is 38.9 Å². The third kappa shape index (κ3) is 6.21. The fourth-order valence-corrected chi connectivity index (χ4v) is 2.57. The molecule has 0 atom stereocenters. The molecule has 7 heteroatoms. The molecule has 0 amide bonds. The van der Waals surface area contributed by atoms with E-state index < -0.39 is 0 Å². The first-order chi connectivity index (χ1) is 9.81. The molecule has 1 aromatic rings. The average molecular weight is 406 g/mol. The maximum absolute atomic E-state index is 4.28. The van der Waals surface area contributed by atoms with Crippen LogP contribution in [0.2, 0.25) is 0 Å². The zero-order valence-electron chi connectivity index (χ0n) is 12.9. The number of aromatic amines is 1. The molecule has 120 valence electrons. The van der Waals surface area contributed by atoms with Crippen LogP contribution in [0.3, 0.4) is 0 Å². The lowest BCUT2D eigenvalue weighted by atomic mass is 10.1. The Kier molecular flexibility index (Phi) is 8.67. The van der Waals surface area contributed by atoms with Crippen LogP contribution in [0.1, 0.15) is 31.9 Å². The minimum atomic E-state index is 0. The molecule has 2 heterocycles. The summed E-state index contributed by atoms with van der Waals surface area (Å²) < 4.78 is 0. The van der Waals surface area contributed by atoms with Gasteiger partial charge in [-0.25, -0.2) is 0 Å². The average Bonchev–Trinajstić information content (AvgIpc) is 2.99. The lowest BCUT2D eigenvalue weighted by molar-refractivity contribution is 0.206. The molecule has 0 bridgehead atoms. The molecule has 0 aromatic carbocycles. The van der Waals surface area contributed by atoms with Gasteiger partial charge in [0.05, 0.1) is 12.2 Å². The van der Waals surface area contributed by atoms with Gasteiger partial charge in [-0.15, -0.1) is 24.0 Å². The second kappa shape index (κ2) is 9.99. The number of rotatable bonds is 5. The first kappa shape index (κ1) is 18.2. The smallest absolute Gasteiger partial charge is 0.191 e. The topological polar surface area (TPSA) is 68.3 Å². The summed E-state index contributed by atoms with van der Waals surface area (Å²) in [5, 5.41) is 13.7. The van der Waals surface area contributed by atoms with Crippen molar-refractivity contribution in [3.8, 4) is 0 Å². The monoisotopic (exact) mass is 406 g/mol. The first-order valence-corrected chi connectivity index (χ1v) is 7.49. The maximum Gasteiger partial charge on any atom is 0.191 e. The summed E-state index contributed by atoms with van der Waals surface area (Å²) >= 11 is 0. The van der Waals surface area contributed by atoms with E-state index in [2.05, 4.69) is 37.6 Å². The van der Waals surface area contributed by atoms with Crippen molar-refractivity contribution < 1.29 is 0 Å². The summed E-state index contributed by atoms with van der Waals surface area (Å²) in [4.78, 5) is 6.82. The Balaban J connectivity index is 0.00000220. The maximum atomic E-state index is 4.28. The van der Waals surface area contributed by atoms with Crippen LogP contribution >= 0.6 is 24.0 Å². The van der Waals surface area contributed by atoms with Crippen molar-refractivity contribution >= 4 is 29.9 Å². The van der Waals surface area contributed by atoms with Gasteiger partial charge >= 0.3 is 0 Å². The highest BCUT2D eigenvalue weighted by atomic mass is 127. The molecule has 2 rings (SSSR count). The Morgan fingerprint density at radius 3 is 2.81 bits per heavy atom. The predicted molar refractivity (Wildman–Crippen MR) is 97.1 cm³/mol. The molecule has 0 unspecified atom stereocenters. The molecule has 1 aromatic heterocycles. The molecule has 1 saturated heterocycles. The zero-order valence-corrected chi connectivity index (χ0v) is 15.3. The van der Waals surface area contributed by atoms with Crippen LogP contribution in [0.15, 0.2) is 17.3 Å². The van der Waals surface area contributed by atoms with E-state index in [-0.39, 0.29) is 24.0 Å². The summed E-state index contributed by atoms with van der Waals surface area (Å²) in [7, 11) is 1.81. The van der Waals surface area contributed by atoms with Gasteiger partial charge in [-0.05, 0) is 31.9 Å². The highest BCUT2D eigenvalue weighted by molar-refractivity contribution is 14.0. The Morgan fingerprint density at radius 2 is 2.24 bits per heavy atom. The number of likely N-dealkylation sites (tertiary alicyclic amines) is 1. The molecule has 3 N–H and O–H groups in total. The van der Waals surface area contributed by atoms with E-state index >= 15 is 0 Å². The second-order valence-electron chi connectivity index (χ2n) is 5.27. The number of hydrogen-bond acceptors (Lipinski definition) is 3. The van der Waals surface area contributed by atoms with Crippen LogP contribution in [-0.2, 0) is 6.54 Å². The van der Waals surface area contributed by atoms with Crippen molar-refractivity contribution in [1.29, 1.82) is 0 Å². The van der Waals surface area contributed by atoms with Crippen molar-refractivity contribution in [3.05, 3.63) is 18.0 Å². The Hall–Kier alpha value is -0.830. The third-order valence-corrected chi connectivity index (χ3v) is 3.70. The molecule has 0 radical (unpaired) electrons. The predicted octanol–water partition coefficient (Wildman–Crippen LogP) is 1.57. The van der Waals surface area contributed by atoms with E-state index in [9.17, 15) is 0 Å². The summed E-state index contributed by atoms with van der Waals surface area (Å²) in [5.74, 6) is 0.869. The number of nitrogens with zero attached hydrogens (tertiary/aromatic N) is 3. The van der Waals surface area contributed by atoms with Crippen LogP contribution in [0, 0.1) is 0 Å². The largest absolute Gasteiger partial charge is 0.354 e. The van der Waals surface area contributed by atoms with Gasteiger partial charge in [0.15, 0.2) is 5.96 Å². The normalized spacial score (nSPS) is 17.3. The van der Waals surface area contributed by atoms with Gasteiger partial charge in [0.2, 0.25) is 0 Å². The molecule has 1 aliphatic rings. The molecule has 21 heavy (non-hydrogen) atoms. The lowest BCUT2D eigenvalue weighted by Crippen LogP contribution is -2.48. The van der Waals surface area contributed by atoms with Gasteiger partial charge in [0.25, 0.3) is 0 Å². The number of nitrogens with one attached hydrogen (secondary N) is 3. The van der Waals surface area contributed by atoms with Crippen molar-refractivity contribution in [2.24, 2.45) is 4.99 Å². The molecule has 0 saturated carbocycles. The quantitative estimate of drug-likeness (QED) is 0.395. The third-order valence-electron chi connectivity index (χ3n) is 3.70. The van der Waals surface area contributed by atoms with Gasteiger partial charge in [-0.1, -0.05) is 6.92 Å². The number of aromatic nitrogens is 2. The Bertz CT molecular complexity index is 398. The fraction of sp³-hybridized carbons (Fsp3) is 0.714. The summed E-state index contributed by atoms with van der Waals surface area (Å²) in [5.41, 5.74) is 1.06. The number of piperidine rings is 1. The summed E-state index contributed by atoms with van der Waals surface area (Å²) in [6, 6.07) is 2.49. The molecule has 1 aliphatic heterocycles. The molecule has 1 fully saturated rings. The SMILES string of the molecule is CCCN1CCC(NC(=NC)NCc2ccn[nH]2)CC1.I. The van der Waals surface area contributed by atoms with E-state index in [1.54, 1.807) is 6.20 Å². The number of H-pyrrole nitrogens is 1. The van der Waals surface area contributed by atoms with Gasteiger partial charge in [-0.2, -0.15) is 5.10 Å². The van der Waals surface area contributed by atoms with E-state index in [0.29, 0.717) is 12.6 Å². The molecule has 0 spiro atoms. The minimum Gasteiger partial charge on any atom is -0.354 e. The Morgan fingerprint density at radius 1 is 1.48 bits per heavy atom. The first-order valence-electron chi connectivity index (χ1n) is 7.49. The lowest BCUT2D eigenvalue weighted by Gasteiger charge is -2.32. The molecule has 0 aliphatic carbocycles. The van der Waals surface area contributed by atoms with E-state index in [0.717, 1.165) is 11.7 Å². The van der Waals surface area contributed by atoms with Crippen LogP contribution in [0.25, 0.3) is 0 Å². The molecular weight excluding hydrogens is 379 g/mol. The fourth-order valence-electron chi connectivity index (χ4n) is 2.57. The molecular formula is C14H27IN6. The van der Waals surface area contributed by atoms with Crippen molar-refractivity contribution in [3.63, 3.8) is 0 Å². The highest BCUT2D eigenvalue weighted by Gasteiger charge is 2.19. The van der Waals surface area contributed by atoms with Crippen LogP contribution in [0.5, 0.6) is 0 Å². The number of guanidine groups is 1.